The number of benzene rings is 1. The largest absolute Gasteiger partial charge is 0.505 e. The second kappa shape index (κ2) is 24.4. The highest BCUT2D eigenvalue weighted by Gasteiger charge is 2.50. The number of halogens is 2. The number of rotatable bonds is 11. The molecule has 2 saturated heterocycles. The van der Waals surface area contributed by atoms with Gasteiger partial charge in [-0.3, -0.25) is 0 Å². The maximum absolute atomic E-state index is 13.9. The molecule has 3 aliphatic rings. The van der Waals surface area contributed by atoms with Gasteiger partial charge in [-0.1, -0.05) is 73.0 Å². The van der Waals surface area contributed by atoms with E-state index in [0.717, 1.165) is 0 Å². The van der Waals surface area contributed by atoms with E-state index < -0.39 is 132 Å². The van der Waals surface area contributed by atoms with Gasteiger partial charge in [0.05, 0.1) is 59.7 Å². The van der Waals surface area contributed by atoms with Crippen molar-refractivity contribution in [3.8, 4) is 11.5 Å². The van der Waals surface area contributed by atoms with Crippen molar-refractivity contribution in [2.45, 2.75) is 167 Å². The molecule has 0 spiro atoms. The molecule has 0 aromatic heterocycles. The maximum atomic E-state index is 13.9. The van der Waals surface area contributed by atoms with Gasteiger partial charge < -0.3 is 74.4 Å². The first-order chi connectivity index (χ1) is 31.4. The van der Waals surface area contributed by atoms with Crippen LogP contribution in [0.15, 0.2) is 58.7 Å². The molecule has 376 valence electrons. The number of allylic oxidation sites excluding steroid dienone is 4. The first kappa shape index (κ1) is 56.2. The highest BCUT2D eigenvalue weighted by atomic mass is 35.5. The zero-order chi connectivity index (χ0) is 50.2. The van der Waals surface area contributed by atoms with Crippen LogP contribution in [0.4, 0.5) is 0 Å². The summed E-state index contributed by atoms with van der Waals surface area (Å²) in [4.78, 5) is 27.3. The second-order valence-corrected chi connectivity index (χ2v) is 18.7. The summed E-state index contributed by atoms with van der Waals surface area (Å²) in [5.74, 6) is -5.00. The molecule has 3 heterocycles. The first-order valence-corrected chi connectivity index (χ1v) is 23.2. The molecule has 0 bridgehead atoms. The fraction of sp³-hybridized carbons (Fsp3) is 0.625. The van der Waals surface area contributed by atoms with Crippen LogP contribution in [0, 0.1) is 11.8 Å². The molecule has 4 rings (SSSR count). The minimum Gasteiger partial charge on any atom is -0.505 e. The van der Waals surface area contributed by atoms with Gasteiger partial charge in [-0.05, 0) is 90.5 Å². The number of aliphatic hydroxyl groups is 7. The normalized spacial score (nSPS) is 36.6. The third-order valence-corrected chi connectivity index (χ3v) is 13.2. The lowest BCUT2D eigenvalue weighted by Gasteiger charge is -2.46. The summed E-state index contributed by atoms with van der Waals surface area (Å²) in [5.41, 5.74) is 0.303. The van der Waals surface area contributed by atoms with E-state index in [9.17, 15) is 55.5 Å². The summed E-state index contributed by atoms with van der Waals surface area (Å²) >= 11 is 12.2. The second-order valence-electron chi connectivity index (χ2n) is 17.9. The van der Waals surface area contributed by atoms with E-state index in [4.69, 9.17) is 51.6 Å². The van der Waals surface area contributed by atoms with Crippen LogP contribution in [0.1, 0.15) is 97.5 Å². The predicted octanol–water partition coefficient (Wildman–Crippen LogP) is 4.62. The minimum absolute atomic E-state index is 0.0448. The number of ether oxygens (including phenoxy) is 6. The average Bonchev–Trinajstić information content (AvgIpc) is 3.27. The molecule has 1 unspecified atom stereocenters. The van der Waals surface area contributed by atoms with Gasteiger partial charge >= 0.3 is 11.9 Å². The van der Waals surface area contributed by atoms with Crippen molar-refractivity contribution in [1.82, 2.24) is 0 Å². The zero-order valence-corrected chi connectivity index (χ0v) is 40.8. The quantitative estimate of drug-likeness (QED) is 0.108. The Labute approximate surface area is 401 Å². The Balaban J connectivity index is 1.60. The first-order valence-electron chi connectivity index (χ1n) is 22.4. The lowest BCUT2D eigenvalue weighted by molar-refractivity contribution is -0.331. The van der Waals surface area contributed by atoms with Crippen LogP contribution in [0.25, 0.3) is 0 Å². The summed E-state index contributed by atoms with van der Waals surface area (Å²) in [7, 11) is 0. The molecule has 2 fully saturated rings. The molecule has 9 N–H and O–H groups in total. The smallest absolute Gasteiger partial charge is 0.342 e. The van der Waals surface area contributed by atoms with Crippen LogP contribution in [0.3, 0.4) is 0 Å². The maximum Gasteiger partial charge on any atom is 0.342 e. The number of phenols is 2. The molecule has 1 aromatic rings. The van der Waals surface area contributed by atoms with Crippen molar-refractivity contribution in [1.29, 1.82) is 0 Å². The molecule has 17 nitrogen and oxygen atoms in total. The number of carbonyl (C=O) groups is 2. The monoisotopic (exact) mass is 986 g/mol. The lowest BCUT2D eigenvalue weighted by Crippen LogP contribution is -2.63. The highest BCUT2D eigenvalue weighted by molar-refractivity contribution is 6.39. The Morgan fingerprint density at radius 3 is 2.24 bits per heavy atom. The van der Waals surface area contributed by atoms with E-state index in [-0.39, 0.29) is 41.3 Å². The highest BCUT2D eigenvalue weighted by Crippen LogP contribution is 2.45. The molecule has 3 aliphatic heterocycles. The Morgan fingerprint density at radius 1 is 0.955 bits per heavy atom. The SMILES string of the molecule is CCc1c(Cl)c(O)c(Cl)c(O)c1C(=O)O[C@H]1[C@H](O)[C@H](CO)[C@H](OC/C2=C\C=C\C[C@H](O)/C(C)=C/[C@H](CC)[C@@H](O[C@@H]3OC(C)(C)[C@@H](O)[C@H](O)[C@@H]3O)/C(C)=C/C(C)=C/C[C@@H](C(C)O)OC2=O)O[C@@H]1C. The lowest BCUT2D eigenvalue weighted by atomic mass is 9.88. The number of cyclic esters (lactones) is 1. The number of aliphatic hydroxyl groups excluding tert-OH is 7. The summed E-state index contributed by atoms with van der Waals surface area (Å²) in [6.45, 7) is 13.8. The van der Waals surface area contributed by atoms with Gasteiger partial charge in [0.15, 0.2) is 30.2 Å². The van der Waals surface area contributed by atoms with E-state index in [1.54, 1.807) is 46.8 Å². The van der Waals surface area contributed by atoms with Crippen molar-refractivity contribution < 1.29 is 84.0 Å². The number of hydrogen-bond acceptors (Lipinski definition) is 17. The van der Waals surface area contributed by atoms with Crippen molar-refractivity contribution in [2.24, 2.45) is 11.8 Å². The molecule has 0 aliphatic carbocycles. The molecule has 67 heavy (non-hydrogen) atoms. The van der Waals surface area contributed by atoms with Gasteiger partial charge in [0, 0.05) is 12.3 Å². The number of aromatic hydroxyl groups is 2. The fourth-order valence-electron chi connectivity index (χ4n) is 8.19. The van der Waals surface area contributed by atoms with Crippen LogP contribution in [-0.4, -0.2) is 150 Å². The van der Waals surface area contributed by atoms with Gasteiger partial charge in [-0.15, -0.1) is 0 Å². The topological polar surface area (TPSA) is 272 Å². The zero-order valence-electron chi connectivity index (χ0n) is 39.3. The molecule has 0 saturated carbocycles. The van der Waals surface area contributed by atoms with E-state index in [1.807, 2.05) is 26.0 Å². The Bertz CT molecular complexity index is 2050. The number of hydrogen-bond donors (Lipinski definition) is 9. The number of esters is 2. The summed E-state index contributed by atoms with van der Waals surface area (Å²) in [5, 5.41) is 96.0. The van der Waals surface area contributed by atoms with E-state index in [2.05, 4.69) is 0 Å². The molecule has 0 radical (unpaired) electrons. The van der Waals surface area contributed by atoms with E-state index in [0.29, 0.717) is 23.1 Å². The van der Waals surface area contributed by atoms with Gasteiger partial charge in [0.1, 0.15) is 41.1 Å². The van der Waals surface area contributed by atoms with E-state index >= 15 is 0 Å². The summed E-state index contributed by atoms with van der Waals surface area (Å²) in [6.07, 6.45) is -4.37. The number of carbonyl (C=O) groups excluding carboxylic acids is 2. The Morgan fingerprint density at radius 2 is 1.63 bits per heavy atom. The summed E-state index contributed by atoms with van der Waals surface area (Å²) in [6, 6.07) is 0. The van der Waals surface area contributed by atoms with Gasteiger partial charge in [-0.2, -0.15) is 0 Å². The van der Waals surface area contributed by atoms with E-state index in [1.165, 1.54) is 26.0 Å². The van der Waals surface area contributed by atoms with Crippen LogP contribution in [-0.2, 0) is 39.6 Å². The average molecular weight is 988 g/mol. The van der Waals surface area contributed by atoms with Crippen molar-refractivity contribution in [3.63, 3.8) is 0 Å². The van der Waals surface area contributed by atoms with Crippen molar-refractivity contribution in [3.05, 3.63) is 79.9 Å². The third kappa shape index (κ3) is 13.5. The predicted molar refractivity (Wildman–Crippen MR) is 246 cm³/mol. The molecule has 1 aromatic carbocycles. The standard InChI is InChI=1S/C48H68Cl2O17/c1-10-27-19-23(4)31(53)15-13-12-14-28(21-62-46-30(20-51)36(54)42(26(7)63-46)65-45(61)33-29(11-2)34(49)38(56)35(50)37(33)55)44(60)64-32(25(6)52)17-16-22(3)18-24(5)41(27)66-47-40(58)39(57)43(59)48(8,9)67-47/h12-14,16,18-19,25-27,30-32,36,39-43,46-47,51-59H,10-11,15,17,20-21H2,1-9H3/b13-12+,22-16+,23-19+,24-18+,28-14+/t25?,26-,27+,30+,31+,32+,36-,39-,40+,41+,42-,43+,46-,47-/m1/s1. The molecule has 14 atom stereocenters. The Hall–Kier alpha value is -3.40. The molecule has 0 amide bonds. The van der Waals surface area contributed by atoms with Crippen LogP contribution < -0.4 is 0 Å². The van der Waals surface area contributed by atoms with Crippen molar-refractivity contribution >= 4 is 35.1 Å². The van der Waals surface area contributed by atoms with Gasteiger partial charge in [0.2, 0.25) is 0 Å². The molecular weight excluding hydrogens is 919 g/mol. The van der Waals surface area contributed by atoms with Crippen molar-refractivity contribution in [2.75, 3.05) is 13.2 Å². The third-order valence-electron chi connectivity index (χ3n) is 12.4. The molecular formula is C48H68Cl2O17. The molecule has 19 heteroatoms. The number of phenolic OH excluding ortho intramolecular Hbond substituents is 2. The van der Waals surface area contributed by atoms with Crippen LogP contribution in [0.5, 0.6) is 11.5 Å². The van der Waals surface area contributed by atoms with Gasteiger partial charge in [0.25, 0.3) is 0 Å². The van der Waals surface area contributed by atoms with Crippen LogP contribution >= 0.6 is 23.2 Å². The van der Waals surface area contributed by atoms with Gasteiger partial charge in [-0.25, -0.2) is 9.59 Å². The van der Waals surface area contributed by atoms with Crippen LogP contribution in [0.2, 0.25) is 10.0 Å². The minimum atomic E-state index is -1.59. The Kier molecular flexibility index (Phi) is 20.5. The summed E-state index contributed by atoms with van der Waals surface area (Å²) < 4.78 is 35.8. The fourth-order valence-corrected chi connectivity index (χ4v) is 8.75.